The van der Waals surface area contributed by atoms with Gasteiger partial charge in [-0.25, -0.2) is 0 Å². The summed E-state index contributed by atoms with van der Waals surface area (Å²) in [6.45, 7) is 4.51. The van der Waals surface area contributed by atoms with Crippen molar-refractivity contribution >= 4 is 0 Å². The van der Waals surface area contributed by atoms with Crippen LogP contribution in [0.4, 0.5) is 0 Å². The second-order valence-electron chi connectivity index (χ2n) is 3.64. The molecule has 0 aromatic rings. The summed E-state index contributed by atoms with van der Waals surface area (Å²) < 4.78 is 4.95. The second kappa shape index (κ2) is 2.73. The highest BCUT2D eigenvalue weighted by Gasteiger charge is 2.54. The zero-order chi connectivity index (χ0) is 8.65. The van der Waals surface area contributed by atoms with Crippen LogP contribution in [-0.2, 0) is 4.74 Å². The zero-order valence-electron chi connectivity index (χ0n) is 7.37. The minimum atomic E-state index is -0.506. The highest BCUT2D eigenvalue weighted by Crippen LogP contribution is 2.41. The van der Waals surface area contributed by atoms with Crippen molar-refractivity contribution in [2.75, 3.05) is 13.7 Å². The van der Waals surface area contributed by atoms with E-state index >= 15 is 0 Å². The Balaban J connectivity index is 2.58. The van der Waals surface area contributed by atoms with Crippen molar-refractivity contribution in [2.24, 2.45) is 17.6 Å². The van der Waals surface area contributed by atoms with Crippen molar-refractivity contribution < 1.29 is 9.84 Å². The van der Waals surface area contributed by atoms with E-state index in [0.717, 1.165) is 0 Å². The molecule has 0 aliphatic heterocycles. The first-order valence-electron chi connectivity index (χ1n) is 4.00. The molecule has 11 heavy (non-hydrogen) atoms. The van der Waals surface area contributed by atoms with Gasteiger partial charge in [-0.2, -0.15) is 0 Å². The maximum atomic E-state index is 9.53. The lowest BCUT2D eigenvalue weighted by atomic mass is 9.59. The molecule has 1 aliphatic rings. The Morgan fingerprint density at radius 2 is 2.09 bits per heavy atom. The standard InChI is InChI=1S/C8H17NO2/c1-5-6(2)8(9,4-11-3)7(5)10/h5-7,10H,4,9H2,1-3H3. The minimum Gasteiger partial charge on any atom is -0.391 e. The lowest BCUT2D eigenvalue weighted by Gasteiger charge is -2.54. The van der Waals surface area contributed by atoms with Crippen LogP contribution in [0.2, 0.25) is 0 Å². The number of methoxy groups -OCH3 is 1. The van der Waals surface area contributed by atoms with Crippen LogP contribution < -0.4 is 5.73 Å². The Morgan fingerprint density at radius 3 is 2.45 bits per heavy atom. The molecule has 1 rings (SSSR count). The molecule has 66 valence electrons. The molecule has 0 radical (unpaired) electrons. The largest absolute Gasteiger partial charge is 0.391 e. The molecule has 3 nitrogen and oxygen atoms in total. The average Bonchev–Trinajstić information content (AvgIpc) is 2.01. The van der Waals surface area contributed by atoms with Gasteiger partial charge in [-0.15, -0.1) is 0 Å². The van der Waals surface area contributed by atoms with Gasteiger partial charge in [-0.1, -0.05) is 13.8 Å². The van der Waals surface area contributed by atoms with E-state index in [9.17, 15) is 5.11 Å². The highest BCUT2D eigenvalue weighted by molar-refractivity contribution is 5.10. The van der Waals surface area contributed by atoms with Crippen LogP contribution in [-0.4, -0.2) is 30.5 Å². The van der Waals surface area contributed by atoms with Gasteiger partial charge in [0.2, 0.25) is 0 Å². The van der Waals surface area contributed by atoms with Crippen molar-refractivity contribution in [1.29, 1.82) is 0 Å². The van der Waals surface area contributed by atoms with Gasteiger partial charge in [0.05, 0.1) is 18.2 Å². The molecular formula is C8H17NO2. The quantitative estimate of drug-likeness (QED) is 0.595. The number of ether oxygens (including phenoxy) is 1. The molecule has 0 saturated heterocycles. The van der Waals surface area contributed by atoms with Crippen molar-refractivity contribution in [3.8, 4) is 0 Å². The lowest BCUT2D eigenvalue weighted by molar-refractivity contribution is -0.131. The molecule has 0 aromatic carbocycles. The van der Waals surface area contributed by atoms with Gasteiger partial charge in [-0.3, -0.25) is 0 Å². The van der Waals surface area contributed by atoms with Crippen LogP contribution in [0.5, 0.6) is 0 Å². The fraction of sp³-hybridized carbons (Fsp3) is 1.00. The van der Waals surface area contributed by atoms with Crippen LogP contribution in [0.15, 0.2) is 0 Å². The molecule has 3 heteroatoms. The normalized spacial score (nSPS) is 50.5. The SMILES string of the molecule is COCC1(N)C(C)C(C)C1O. The Hall–Kier alpha value is -0.120. The monoisotopic (exact) mass is 159 g/mol. The molecule has 1 saturated carbocycles. The summed E-state index contributed by atoms with van der Waals surface area (Å²) in [6.07, 6.45) is -0.405. The van der Waals surface area contributed by atoms with Gasteiger partial charge in [-0.05, 0) is 11.8 Å². The Morgan fingerprint density at radius 1 is 1.55 bits per heavy atom. The first-order valence-corrected chi connectivity index (χ1v) is 4.00. The molecule has 0 aromatic heterocycles. The number of hydrogen-bond donors (Lipinski definition) is 2. The van der Waals surface area contributed by atoms with E-state index in [-0.39, 0.29) is 0 Å². The van der Waals surface area contributed by atoms with Crippen molar-refractivity contribution in [2.45, 2.75) is 25.5 Å². The maximum Gasteiger partial charge on any atom is 0.0773 e. The van der Waals surface area contributed by atoms with Gasteiger partial charge >= 0.3 is 0 Å². The van der Waals surface area contributed by atoms with Gasteiger partial charge in [0.15, 0.2) is 0 Å². The van der Waals surface area contributed by atoms with Crippen molar-refractivity contribution in [1.82, 2.24) is 0 Å². The van der Waals surface area contributed by atoms with E-state index in [2.05, 4.69) is 6.92 Å². The summed E-state index contributed by atoms with van der Waals surface area (Å²) in [5.41, 5.74) is 5.41. The number of aliphatic hydroxyl groups is 1. The molecule has 0 heterocycles. The molecule has 4 atom stereocenters. The van der Waals surface area contributed by atoms with Crippen LogP contribution >= 0.6 is 0 Å². The first kappa shape index (κ1) is 8.97. The second-order valence-corrected chi connectivity index (χ2v) is 3.64. The predicted molar refractivity (Wildman–Crippen MR) is 43.1 cm³/mol. The zero-order valence-corrected chi connectivity index (χ0v) is 7.37. The smallest absolute Gasteiger partial charge is 0.0773 e. The third-order valence-corrected chi connectivity index (χ3v) is 3.08. The first-order chi connectivity index (χ1) is 5.04. The van der Waals surface area contributed by atoms with Gasteiger partial charge < -0.3 is 15.6 Å². The fourth-order valence-corrected chi connectivity index (χ4v) is 1.87. The summed E-state index contributed by atoms with van der Waals surface area (Å²) in [5, 5.41) is 9.53. The molecular weight excluding hydrogens is 142 g/mol. The number of hydrogen-bond acceptors (Lipinski definition) is 3. The number of aliphatic hydroxyl groups excluding tert-OH is 1. The minimum absolute atomic E-state index is 0.301. The van der Waals surface area contributed by atoms with Gasteiger partial charge in [0.1, 0.15) is 0 Å². The highest BCUT2D eigenvalue weighted by atomic mass is 16.5. The Kier molecular flexibility index (Phi) is 2.23. The third kappa shape index (κ3) is 1.08. The summed E-state index contributed by atoms with van der Waals surface area (Å²) in [5.74, 6) is 0.646. The van der Waals surface area contributed by atoms with E-state index in [1.807, 2.05) is 6.92 Å². The van der Waals surface area contributed by atoms with Crippen LogP contribution in [0.1, 0.15) is 13.8 Å². The van der Waals surface area contributed by atoms with Crippen LogP contribution in [0.25, 0.3) is 0 Å². The summed E-state index contributed by atoms with van der Waals surface area (Å²) in [7, 11) is 1.61. The fourth-order valence-electron chi connectivity index (χ4n) is 1.87. The van der Waals surface area contributed by atoms with Crippen molar-refractivity contribution in [3.05, 3.63) is 0 Å². The van der Waals surface area contributed by atoms with E-state index in [1.165, 1.54) is 0 Å². The molecule has 4 unspecified atom stereocenters. The molecule has 0 amide bonds. The summed E-state index contributed by atoms with van der Waals surface area (Å²) in [4.78, 5) is 0. The van der Waals surface area contributed by atoms with E-state index in [4.69, 9.17) is 10.5 Å². The van der Waals surface area contributed by atoms with E-state index < -0.39 is 11.6 Å². The third-order valence-electron chi connectivity index (χ3n) is 3.08. The predicted octanol–water partition coefficient (Wildman–Crippen LogP) is -0.0230. The summed E-state index contributed by atoms with van der Waals surface area (Å²) in [6, 6.07) is 0. The topological polar surface area (TPSA) is 55.5 Å². The van der Waals surface area contributed by atoms with Gasteiger partial charge in [0.25, 0.3) is 0 Å². The molecule has 0 bridgehead atoms. The van der Waals surface area contributed by atoms with Crippen molar-refractivity contribution in [3.63, 3.8) is 0 Å². The Bertz CT molecular complexity index is 139. The van der Waals surface area contributed by atoms with Crippen LogP contribution in [0.3, 0.4) is 0 Å². The lowest BCUT2D eigenvalue weighted by Crippen LogP contribution is -2.72. The molecule has 3 N–H and O–H groups in total. The van der Waals surface area contributed by atoms with E-state index in [0.29, 0.717) is 18.4 Å². The van der Waals surface area contributed by atoms with E-state index in [1.54, 1.807) is 7.11 Å². The summed E-state index contributed by atoms with van der Waals surface area (Å²) >= 11 is 0. The average molecular weight is 159 g/mol. The maximum absolute atomic E-state index is 9.53. The molecule has 1 fully saturated rings. The Labute approximate surface area is 67.5 Å². The molecule has 0 spiro atoms. The number of rotatable bonds is 2. The number of nitrogens with two attached hydrogens (primary N) is 1. The van der Waals surface area contributed by atoms with Crippen LogP contribution in [0, 0.1) is 11.8 Å². The van der Waals surface area contributed by atoms with Gasteiger partial charge in [0, 0.05) is 7.11 Å². The molecule has 1 aliphatic carbocycles.